The van der Waals surface area contributed by atoms with E-state index >= 15 is 0 Å². The summed E-state index contributed by atoms with van der Waals surface area (Å²) in [6, 6.07) is 21.3. The van der Waals surface area contributed by atoms with Crippen molar-refractivity contribution in [2.75, 3.05) is 23.4 Å². The Bertz CT molecular complexity index is 928. The molecular formula is C23H24N4O2. The minimum atomic E-state index is -0.164. The number of anilines is 2. The molecule has 29 heavy (non-hydrogen) atoms. The van der Waals surface area contributed by atoms with E-state index in [1.54, 1.807) is 11.0 Å². The van der Waals surface area contributed by atoms with E-state index in [1.165, 1.54) is 6.33 Å². The van der Waals surface area contributed by atoms with Crippen LogP contribution in [0.4, 0.5) is 11.5 Å². The fourth-order valence-electron chi connectivity index (χ4n) is 3.39. The van der Waals surface area contributed by atoms with Crippen molar-refractivity contribution in [2.24, 2.45) is 0 Å². The first-order valence-corrected chi connectivity index (χ1v) is 9.88. The second kappa shape index (κ2) is 9.30. The lowest BCUT2D eigenvalue weighted by molar-refractivity contribution is 0.0980. The Balaban J connectivity index is 1.54. The molecule has 1 aliphatic heterocycles. The molecule has 3 aromatic rings. The topological polar surface area (TPSA) is 67.3 Å². The van der Waals surface area contributed by atoms with Crippen LogP contribution in [0.3, 0.4) is 0 Å². The molecule has 1 N–H and O–H groups in total. The van der Waals surface area contributed by atoms with Gasteiger partial charge in [0.1, 0.15) is 17.8 Å². The van der Waals surface area contributed by atoms with Crippen LogP contribution in [0, 0.1) is 0 Å². The molecule has 1 atom stereocenters. The Labute approximate surface area is 170 Å². The van der Waals surface area contributed by atoms with Crippen molar-refractivity contribution < 1.29 is 9.53 Å². The largest absolute Gasteiger partial charge is 0.376 e. The van der Waals surface area contributed by atoms with E-state index < -0.39 is 0 Å². The number of para-hydroxylation sites is 1. The van der Waals surface area contributed by atoms with Gasteiger partial charge in [0, 0.05) is 24.9 Å². The monoisotopic (exact) mass is 388 g/mol. The van der Waals surface area contributed by atoms with Crippen LogP contribution < -0.4 is 10.2 Å². The summed E-state index contributed by atoms with van der Waals surface area (Å²) in [6.07, 6.45) is 3.76. The van der Waals surface area contributed by atoms with Crippen LogP contribution >= 0.6 is 0 Å². The van der Waals surface area contributed by atoms with E-state index in [4.69, 9.17) is 4.74 Å². The third kappa shape index (κ3) is 4.97. The molecule has 2 heterocycles. The first kappa shape index (κ1) is 19.1. The Morgan fingerprint density at radius 1 is 1.07 bits per heavy atom. The van der Waals surface area contributed by atoms with Crippen LogP contribution in [0.1, 0.15) is 28.9 Å². The maximum absolute atomic E-state index is 13.3. The summed E-state index contributed by atoms with van der Waals surface area (Å²) < 4.78 is 5.63. The number of nitrogens with one attached hydrogen (secondary N) is 1. The van der Waals surface area contributed by atoms with E-state index in [-0.39, 0.29) is 12.0 Å². The van der Waals surface area contributed by atoms with Gasteiger partial charge in [-0.2, -0.15) is 0 Å². The van der Waals surface area contributed by atoms with Gasteiger partial charge in [-0.25, -0.2) is 9.97 Å². The average Bonchev–Trinajstić information content (AvgIpc) is 3.31. The van der Waals surface area contributed by atoms with Gasteiger partial charge in [0.25, 0.3) is 5.91 Å². The first-order valence-electron chi connectivity index (χ1n) is 9.88. The van der Waals surface area contributed by atoms with Crippen molar-refractivity contribution in [1.82, 2.24) is 9.97 Å². The Morgan fingerprint density at radius 2 is 1.83 bits per heavy atom. The molecule has 1 amide bonds. The zero-order chi connectivity index (χ0) is 19.9. The van der Waals surface area contributed by atoms with Gasteiger partial charge >= 0.3 is 0 Å². The number of carbonyl (C=O) groups excluding carboxylic acids is 1. The molecule has 1 unspecified atom stereocenters. The molecule has 2 aromatic carbocycles. The summed E-state index contributed by atoms with van der Waals surface area (Å²) in [7, 11) is 0. The number of carbonyl (C=O) groups is 1. The van der Waals surface area contributed by atoms with Gasteiger partial charge in [-0.3, -0.25) is 4.79 Å². The number of hydrogen-bond donors (Lipinski definition) is 1. The molecular weight excluding hydrogens is 364 g/mol. The molecule has 0 saturated carbocycles. The highest BCUT2D eigenvalue weighted by Gasteiger charge is 2.20. The second-order valence-corrected chi connectivity index (χ2v) is 7.02. The number of amides is 1. The zero-order valence-electron chi connectivity index (χ0n) is 16.2. The molecule has 6 nitrogen and oxygen atoms in total. The summed E-state index contributed by atoms with van der Waals surface area (Å²) in [4.78, 5) is 23.6. The van der Waals surface area contributed by atoms with Gasteiger partial charge in [-0.05, 0) is 30.5 Å². The zero-order valence-corrected chi connectivity index (χ0v) is 16.2. The fourth-order valence-corrected chi connectivity index (χ4v) is 3.39. The van der Waals surface area contributed by atoms with Crippen LogP contribution in [0.25, 0.3) is 0 Å². The molecule has 1 aromatic heterocycles. The van der Waals surface area contributed by atoms with Gasteiger partial charge < -0.3 is 15.0 Å². The standard InChI is InChI=1S/C23H24N4O2/c28-23(21-14-22(26-17-25-21)24-15-20-12-7-13-29-20)27(19-10-5-2-6-11-19)16-18-8-3-1-4-9-18/h1-6,8-11,14,17,20H,7,12-13,15-16H2,(H,24,25,26). The number of nitrogens with zero attached hydrogens (tertiary/aromatic N) is 3. The van der Waals surface area contributed by atoms with Crippen LogP contribution in [-0.4, -0.2) is 35.1 Å². The van der Waals surface area contributed by atoms with Crippen LogP contribution in [0.2, 0.25) is 0 Å². The van der Waals surface area contributed by atoms with Crippen molar-refractivity contribution in [3.8, 4) is 0 Å². The van der Waals surface area contributed by atoms with Crippen molar-refractivity contribution in [3.05, 3.63) is 84.3 Å². The average molecular weight is 388 g/mol. The minimum Gasteiger partial charge on any atom is -0.376 e. The number of benzene rings is 2. The summed E-state index contributed by atoms with van der Waals surface area (Å²) in [5, 5.41) is 3.26. The van der Waals surface area contributed by atoms with Crippen LogP contribution in [0.15, 0.2) is 73.1 Å². The number of ether oxygens (including phenoxy) is 1. The normalized spacial score (nSPS) is 15.8. The predicted molar refractivity (Wildman–Crippen MR) is 113 cm³/mol. The SMILES string of the molecule is O=C(c1cc(NCC2CCCO2)ncn1)N(Cc1ccccc1)c1ccccc1. The van der Waals surface area contributed by atoms with Crippen molar-refractivity contribution in [2.45, 2.75) is 25.5 Å². The third-order valence-electron chi connectivity index (χ3n) is 4.92. The predicted octanol–water partition coefficient (Wildman–Crippen LogP) is 3.91. The number of rotatable bonds is 7. The van der Waals surface area contributed by atoms with Gasteiger partial charge in [-0.15, -0.1) is 0 Å². The van der Waals surface area contributed by atoms with E-state index in [9.17, 15) is 4.79 Å². The highest BCUT2D eigenvalue weighted by atomic mass is 16.5. The van der Waals surface area contributed by atoms with E-state index in [0.717, 1.165) is 30.7 Å². The summed E-state index contributed by atoms with van der Waals surface area (Å²) in [5.41, 5.74) is 2.24. The highest BCUT2D eigenvalue weighted by Crippen LogP contribution is 2.20. The summed E-state index contributed by atoms with van der Waals surface area (Å²) in [5.74, 6) is 0.467. The van der Waals surface area contributed by atoms with Crippen molar-refractivity contribution in [3.63, 3.8) is 0 Å². The van der Waals surface area contributed by atoms with Crippen molar-refractivity contribution in [1.29, 1.82) is 0 Å². The van der Waals surface area contributed by atoms with Gasteiger partial charge in [0.2, 0.25) is 0 Å². The van der Waals surface area contributed by atoms with Gasteiger partial charge in [0.15, 0.2) is 0 Å². The molecule has 0 spiro atoms. The number of hydrogen-bond acceptors (Lipinski definition) is 5. The lowest BCUT2D eigenvalue weighted by Crippen LogP contribution is -2.31. The summed E-state index contributed by atoms with van der Waals surface area (Å²) >= 11 is 0. The minimum absolute atomic E-state index is 0.164. The van der Waals surface area contributed by atoms with E-state index in [0.29, 0.717) is 24.6 Å². The molecule has 1 fully saturated rings. The molecule has 4 rings (SSSR count). The van der Waals surface area contributed by atoms with Gasteiger partial charge in [-0.1, -0.05) is 48.5 Å². The second-order valence-electron chi connectivity index (χ2n) is 7.02. The molecule has 1 saturated heterocycles. The smallest absolute Gasteiger partial charge is 0.277 e. The first-order chi connectivity index (χ1) is 14.3. The fraction of sp³-hybridized carbons (Fsp3) is 0.261. The molecule has 0 bridgehead atoms. The lowest BCUT2D eigenvalue weighted by atomic mass is 10.1. The molecule has 148 valence electrons. The Morgan fingerprint density at radius 3 is 2.55 bits per heavy atom. The molecule has 1 aliphatic rings. The Kier molecular flexibility index (Phi) is 6.12. The van der Waals surface area contributed by atoms with Crippen LogP contribution in [0.5, 0.6) is 0 Å². The Hall–Kier alpha value is -3.25. The molecule has 6 heteroatoms. The van der Waals surface area contributed by atoms with Crippen molar-refractivity contribution >= 4 is 17.4 Å². The quantitative estimate of drug-likeness (QED) is 0.665. The molecule has 0 radical (unpaired) electrons. The number of aromatic nitrogens is 2. The summed E-state index contributed by atoms with van der Waals surface area (Å²) in [6.45, 7) is 1.95. The maximum atomic E-state index is 13.3. The highest BCUT2D eigenvalue weighted by molar-refractivity contribution is 6.05. The van der Waals surface area contributed by atoms with E-state index in [1.807, 2.05) is 60.7 Å². The van der Waals surface area contributed by atoms with Gasteiger partial charge in [0.05, 0.1) is 12.6 Å². The van der Waals surface area contributed by atoms with Crippen LogP contribution in [-0.2, 0) is 11.3 Å². The maximum Gasteiger partial charge on any atom is 0.277 e. The lowest BCUT2D eigenvalue weighted by Gasteiger charge is -2.23. The van der Waals surface area contributed by atoms with E-state index in [2.05, 4.69) is 15.3 Å². The molecule has 0 aliphatic carbocycles. The third-order valence-corrected chi connectivity index (χ3v) is 4.92.